The van der Waals surface area contributed by atoms with Gasteiger partial charge in [0, 0.05) is 33.2 Å². The molecule has 0 atom stereocenters. The zero-order chi connectivity index (χ0) is 21.7. The summed E-state index contributed by atoms with van der Waals surface area (Å²) in [5.74, 6) is 0.918. The largest absolute Gasteiger partial charge is 0.497 e. The fourth-order valence-electron chi connectivity index (χ4n) is 4.26. The molecule has 5 aromatic rings. The Morgan fingerprint density at radius 1 is 0.906 bits per heavy atom. The van der Waals surface area contributed by atoms with Crippen molar-refractivity contribution in [3.05, 3.63) is 95.1 Å². The number of fused-ring (bicyclic) bond motifs is 4. The van der Waals surface area contributed by atoms with Crippen LogP contribution < -0.4 is 15.4 Å². The summed E-state index contributed by atoms with van der Waals surface area (Å²) in [6.07, 6.45) is 1.92. The monoisotopic (exact) mass is 417 g/mol. The van der Waals surface area contributed by atoms with Crippen LogP contribution in [0, 0.1) is 0 Å². The van der Waals surface area contributed by atoms with E-state index in [4.69, 9.17) is 14.7 Å². The van der Waals surface area contributed by atoms with E-state index in [1.54, 1.807) is 7.11 Å². The summed E-state index contributed by atoms with van der Waals surface area (Å²) < 4.78 is 5.32. The molecule has 0 spiro atoms. The summed E-state index contributed by atoms with van der Waals surface area (Å²) in [6, 6.07) is 25.8. The molecular formula is C27H19N3O2. The summed E-state index contributed by atoms with van der Waals surface area (Å²) in [7, 11) is 1.65. The maximum atomic E-state index is 10.5. The SMILES string of the molecule is COc1ccc(-c2n/c(=C\c3c(O)[nH]c4ccccc34)cc3c2=Nc2ccccc2-3)cc1. The molecule has 5 nitrogen and oxygen atoms in total. The molecule has 1 aliphatic rings. The van der Waals surface area contributed by atoms with Gasteiger partial charge < -0.3 is 14.8 Å². The number of ether oxygens (including phenoxy) is 1. The van der Waals surface area contributed by atoms with E-state index < -0.39 is 0 Å². The van der Waals surface area contributed by atoms with Crippen LogP contribution in [0.3, 0.4) is 0 Å². The number of nitrogens with one attached hydrogen (secondary N) is 1. The van der Waals surface area contributed by atoms with Gasteiger partial charge in [0.2, 0.25) is 0 Å². The molecule has 32 heavy (non-hydrogen) atoms. The highest BCUT2D eigenvalue weighted by atomic mass is 16.5. The Bertz CT molecular complexity index is 1620. The molecule has 5 heteroatoms. The predicted octanol–water partition coefficient (Wildman–Crippen LogP) is 4.70. The van der Waals surface area contributed by atoms with Crippen LogP contribution in [0.25, 0.3) is 39.4 Å². The maximum Gasteiger partial charge on any atom is 0.196 e. The zero-order valence-electron chi connectivity index (χ0n) is 17.3. The van der Waals surface area contributed by atoms with Gasteiger partial charge >= 0.3 is 0 Å². The van der Waals surface area contributed by atoms with Crippen LogP contribution in [0.2, 0.25) is 0 Å². The Kier molecular flexibility index (Phi) is 4.08. The van der Waals surface area contributed by atoms with Crippen molar-refractivity contribution in [3.8, 4) is 34.0 Å². The van der Waals surface area contributed by atoms with Gasteiger partial charge in [-0.05, 0) is 48.5 Å². The molecule has 2 N–H and O–H groups in total. The lowest BCUT2D eigenvalue weighted by molar-refractivity contribution is 0.415. The van der Waals surface area contributed by atoms with Crippen LogP contribution in [0.4, 0.5) is 5.69 Å². The fraction of sp³-hybridized carbons (Fsp3) is 0.0370. The molecule has 154 valence electrons. The van der Waals surface area contributed by atoms with Gasteiger partial charge in [-0.3, -0.25) is 0 Å². The number of hydrogen-bond donors (Lipinski definition) is 2. The van der Waals surface area contributed by atoms with E-state index in [0.717, 1.165) is 61.0 Å². The Balaban J connectivity index is 1.64. The molecule has 3 aromatic carbocycles. The first-order valence-electron chi connectivity index (χ1n) is 10.4. The molecule has 0 radical (unpaired) electrons. The average Bonchev–Trinajstić information content (AvgIpc) is 3.36. The smallest absolute Gasteiger partial charge is 0.196 e. The minimum atomic E-state index is 0.129. The van der Waals surface area contributed by atoms with Crippen molar-refractivity contribution in [1.82, 2.24) is 9.97 Å². The van der Waals surface area contributed by atoms with Gasteiger partial charge in [-0.15, -0.1) is 0 Å². The number of benzene rings is 3. The fourth-order valence-corrected chi connectivity index (χ4v) is 4.26. The first-order chi connectivity index (χ1) is 15.7. The lowest BCUT2D eigenvalue weighted by atomic mass is 10.0. The van der Waals surface area contributed by atoms with Crippen molar-refractivity contribution in [2.24, 2.45) is 4.99 Å². The van der Waals surface area contributed by atoms with Gasteiger partial charge in [0.1, 0.15) is 5.75 Å². The molecule has 0 aliphatic carbocycles. The number of methoxy groups -OCH3 is 1. The molecular weight excluding hydrogens is 398 g/mol. The summed E-state index contributed by atoms with van der Waals surface area (Å²) in [5, 5.41) is 13.1. The van der Waals surface area contributed by atoms with Crippen LogP contribution in [-0.2, 0) is 0 Å². The Labute approximate surface area is 184 Å². The highest BCUT2D eigenvalue weighted by Gasteiger charge is 2.18. The van der Waals surface area contributed by atoms with E-state index in [1.165, 1.54) is 0 Å². The van der Waals surface area contributed by atoms with Gasteiger partial charge in [-0.1, -0.05) is 36.4 Å². The van der Waals surface area contributed by atoms with Crippen LogP contribution in [0.15, 0.2) is 83.9 Å². The van der Waals surface area contributed by atoms with E-state index in [-0.39, 0.29) is 5.88 Å². The van der Waals surface area contributed by atoms with E-state index in [9.17, 15) is 5.11 Å². The highest BCUT2D eigenvalue weighted by Crippen LogP contribution is 2.33. The van der Waals surface area contributed by atoms with Crippen molar-refractivity contribution in [3.63, 3.8) is 0 Å². The van der Waals surface area contributed by atoms with Gasteiger partial charge in [0.15, 0.2) is 5.88 Å². The molecule has 0 fully saturated rings. The van der Waals surface area contributed by atoms with Crippen molar-refractivity contribution < 1.29 is 9.84 Å². The van der Waals surface area contributed by atoms with Crippen LogP contribution >= 0.6 is 0 Å². The van der Waals surface area contributed by atoms with E-state index >= 15 is 0 Å². The lowest BCUT2D eigenvalue weighted by Gasteiger charge is -2.06. The molecule has 0 unspecified atom stereocenters. The second-order valence-electron chi connectivity index (χ2n) is 7.73. The molecule has 1 aliphatic heterocycles. The van der Waals surface area contributed by atoms with Crippen molar-refractivity contribution in [1.29, 1.82) is 0 Å². The topological polar surface area (TPSA) is 70.5 Å². The van der Waals surface area contributed by atoms with Crippen molar-refractivity contribution in [2.75, 3.05) is 7.11 Å². The zero-order valence-corrected chi connectivity index (χ0v) is 17.3. The number of aromatic hydroxyl groups is 1. The average molecular weight is 417 g/mol. The van der Waals surface area contributed by atoms with Crippen molar-refractivity contribution >= 4 is 22.7 Å². The number of aromatic nitrogens is 2. The second kappa shape index (κ2) is 7.10. The molecule has 0 saturated heterocycles. The first-order valence-corrected chi connectivity index (χ1v) is 10.4. The van der Waals surface area contributed by atoms with E-state index in [1.807, 2.05) is 78.9 Å². The van der Waals surface area contributed by atoms with Gasteiger partial charge in [-0.25, -0.2) is 9.98 Å². The third-order valence-corrected chi connectivity index (χ3v) is 5.82. The Hall–Kier alpha value is -4.38. The number of nitrogens with zero attached hydrogens (tertiary/aromatic N) is 2. The number of H-pyrrole nitrogens is 1. The maximum absolute atomic E-state index is 10.5. The summed E-state index contributed by atoms with van der Waals surface area (Å²) in [4.78, 5) is 12.9. The minimum absolute atomic E-state index is 0.129. The first kappa shape index (κ1) is 18.4. The van der Waals surface area contributed by atoms with Gasteiger partial charge in [0.05, 0.1) is 29.2 Å². The number of aromatic amines is 1. The van der Waals surface area contributed by atoms with Crippen LogP contribution in [-0.4, -0.2) is 22.2 Å². The van der Waals surface area contributed by atoms with Crippen molar-refractivity contribution in [2.45, 2.75) is 0 Å². The third-order valence-electron chi connectivity index (χ3n) is 5.82. The molecule has 2 aromatic heterocycles. The number of para-hydroxylation sites is 2. The normalized spacial score (nSPS) is 12.5. The quantitative estimate of drug-likeness (QED) is 0.438. The van der Waals surface area contributed by atoms with Gasteiger partial charge in [0.25, 0.3) is 0 Å². The summed E-state index contributed by atoms with van der Waals surface area (Å²) in [5.41, 5.74) is 6.41. The molecule has 3 heterocycles. The van der Waals surface area contributed by atoms with E-state index in [2.05, 4.69) is 11.1 Å². The Morgan fingerprint density at radius 3 is 2.53 bits per heavy atom. The van der Waals surface area contributed by atoms with E-state index in [0.29, 0.717) is 0 Å². The Morgan fingerprint density at radius 2 is 1.69 bits per heavy atom. The minimum Gasteiger partial charge on any atom is -0.497 e. The predicted molar refractivity (Wildman–Crippen MR) is 126 cm³/mol. The molecule has 0 saturated carbocycles. The number of hydrogen-bond acceptors (Lipinski definition) is 4. The number of rotatable bonds is 3. The summed E-state index contributed by atoms with van der Waals surface area (Å²) in [6.45, 7) is 0. The van der Waals surface area contributed by atoms with Crippen LogP contribution in [0.1, 0.15) is 5.56 Å². The third kappa shape index (κ3) is 2.87. The summed E-state index contributed by atoms with van der Waals surface area (Å²) >= 11 is 0. The number of pyridine rings is 1. The standard InChI is InChI=1S/C27H19N3O2/c1-32-18-12-10-16(11-13-18)25-26-21(19-6-2-4-8-23(19)29-26)14-17(28-25)15-22-20-7-3-5-9-24(20)30-27(22)31/h2-15,30-31H,1H3/b17-15-. The van der Waals surface area contributed by atoms with Crippen LogP contribution in [0.5, 0.6) is 11.6 Å². The molecule has 6 rings (SSSR count). The highest BCUT2D eigenvalue weighted by molar-refractivity contribution is 5.92. The lowest BCUT2D eigenvalue weighted by Crippen LogP contribution is -2.19. The van der Waals surface area contributed by atoms with Gasteiger partial charge in [-0.2, -0.15) is 0 Å². The molecule has 0 bridgehead atoms. The second-order valence-corrected chi connectivity index (χ2v) is 7.73. The molecule has 0 amide bonds.